The highest BCUT2D eigenvalue weighted by Gasteiger charge is 2.47. The second-order valence-electron chi connectivity index (χ2n) is 13.5. The number of aliphatic hydroxyl groups excluding tert-OH is 2. The maximum absolute atomic E-state index is 14.3. The van der Waals surface area contributed by atoms with Crippen molar-refractivity contribution < 1.29 is 177 Å². The second kappa shape index (κ2) is 21.6. The summed E-state index contributed by atoms with van der Waals surface area (Å²) >= 11 is 0. The van der Waals surface area contributed by atoms with Crippen molar-refractivity contribution in [2.24, 2.45) is 0 Å². The molecule has 0 bridgehead atoms. The van der Waals surface area contributed by atoms with Gasteiger partial charge in [0.25, 0.3) is 0 Å². The Morgan fingerprint density at radius 2 is 0.387 bits per heavy atom. The van der Waals surface area contributed by atoms with E-state index in [0.29, 0.717) is 0 Å². The van der Waals surface area contributed by atoms with Crippen LogP contribution in [-0.2, 0) is 14.2 Å². The van der Waals surface area contributed by atoms with Gasteiger partial charge in [-0.3, -0.25) is 0 Å². The molecule has 0 spiro atoms. The molecule has 15 N–H and O–H groups in total. The van der Waals surface area contributed by atoms with Crippen molar-refractivity contribution in [3.8, 4) is 0 Å². The predicted molar refractivity (Wildman–Crippen MR) is 213 cm³/mol. The molecule has 0 aliphatic heterocycles. The van der Waals surface area contributed by atoms with Gasteiger partial charge < -0.3 is 90.8 Å². The zero-order valence-electron chi connectivity index (χ0n) is 35.3. The highest BCUT2D eigenvalue weighted by Crippen LogP contribution is 2.36. The number of rotatable bonds is 21. The predicted octanol–water partition coefficient (Wildman–Crippen LogP) is -1.73. The zero-order chi connectivity index (χ0) is 57.9. The van der Waals surface area contributed by atoms with Crippen molar-refractivity contribution >= 4 is 107 Å². The summed E-state index contributed by atoms with van der Waals surface area (Å²) in [6.07, 6.45) is -2.28. The molecule has 0 aliphatic carbocycles. The van der Waals surface area contributed by atoms with Gasteiger partial charge in [-0.1, -0.05) is 0 Å². The summed E-state index contributed by atoms with van der Waals surface area (Å²) in [6, 6.07) is 0. The molecule has 0 aromatic heterocycles. The average Bonchev–Trinajstić information content (AvgIpc) is 3.28. The first-order valence-corrected chi connectivity index (χ1v) is 18.3. The zero-order valence-corrected chi connectivity index (χ0v) is 35.3. The number of aromatic carboxylic acids is 13. The third-order valence-electron chi connectivity index (χ3n) is 9.29. The third kappa shape index (κ3) is 10.5. The fraction of sp³-hybridized carbons (Fsp3) is 0.0769. The van der Waals surface area contributed by atoms with Gasteiger partial charge in [0, 0.05) is 0 Å². The molecule has 392 valence electrons. The molecule has 0 amide bonds. The average molecular weight is 1060 g/mol. The van der Waals surface area contributed by atoms with Gasteiger partial charge in [0.15, 0.2) is 0 Å². The Kier molecular flexibility index (Phi) is 16.6. The van der Waals surface area contributed by atoms with E-state index in [9.17, 15) is 163 Å². The largest absolute Gasteiger partial charge is 0.478 e. The quantitative estimate of drug-likeness (QED) is 0.0320. The lowest BCUT2D eigenvalue weighted by Crippen LogP contribution is -2.33. The van der Waals surface area contributed by atoms with E-state index in [1.165, 1.54) is 0 Å². The minimum atomic E-state index is -3.23. The maximum Gasteiger partial charge on any atom is 0.347 e. The SMILES string of the molecule is O=C(O)c1c(C(=O)O)c(C(=O)O)c(C(=O)OC(=O)c2c(C(=O)O)c(C(=O)O)c(C(=O)O)c(C(=O)OCC(O)CO)c2C(=O)OC(=O)c2c(C(=O)O)c(C(=O)O)c(C(=O)O)c(C(=O)O)c2C(=O)O)c(C(=O)O)c1C(=O)O. The van der Waals surface area contributed by atoms with E-state index >= 15 is 0 Å². The summed E-state index contributed by atoms with van der Waals surface area (Å²) in [5, 5.41) is 148. The number of hydrogen-bond donors (Lipinski definition) is 15. The lowest BCUT2D eigenvalue weighted by atomic mass is 9.85. The number of benzene rings is 3. The van der Waals surface area contributed by atoms with Gasteiger partial charge in [-0.2, -0.15) is 0 Å². The molecule has 0 fully saturated rings. The van der Waals surface area contributed by atoms with Crippen LogP contribution < -0.4 is 0 Å². The number of carbonyl (C=O) groups excluding carboxylic acids is 5. The molecule has 3 aromatic carbocycles. The van der Waals surface area contributed by atoms with Gasteiger partial charge in [-0.25, -0.2) is 86.3 Å². The van der Waals surface area contributed by atoms with E-state index in [4.69, 9.17) is 0 Å². The normalized spacial score (nSPS) is 10.9. The molecular weight excluding hydrogens is 1040 g/mol. The Hall–Kier alpha value is -11.6. The lowest BCUT2D eigenvalue weighted by molar-refractivity contribution is 0.00870. The highest BCUT2D eigenvalue weighted by molar-refractivity contribution is 6.29. The van der Waals surface area contributed by atoms with Crippen LogP contribution in [0.15, 0.2) is 0 Å². The fourth-order valence-electron chi connectivity index (χ4n) is 6.72. The minimum Gasteiger partial charge on any atom is -0.478 e. The monoisotopic (exact) mass is 1060 g/mol. The molecule has 36 nitrogen and oxygen atoms in total. The number of carbonyl (C=O) groups is 18. The van der Waals surface area contributed by atoms with Gasteiger partial charge >= 0.3 is 107 Å². The van der Waals surface area contributed by atoms with Crippen molar-refractivity contribution in [2.45, 2.75) is 6.10 Å². The van der Waals surface area contributed by atoms with Crippen molar-refractivity contribution in [2.75, 3.05) is 13.2 Å². The number of esters is 5. The summed E-state index contributed by atoms with van der Waals surface area (Å²) < 4.78 is 13.0. The molecule has 3 rings (SSSR count). The first-order valence-electron chi connectivity index (χ1n) is 18.3. The molecular formula is C39H20O36. The number of carboxylic acids is 13. The molecule has 0 saturated heterocycles. The maximum atomic E-state index is 14.3. The summed E-state index contributed by atoms with van der Waals surface area (Å²) in [7, 11) is 0. The highest BCUT2D eigenvalue weighted by atomic mass is 16.6. The Balaban J connectivity index is 2.84. The fourth-order valence-corrected chi connectivity index (χ4v) is 6.72. The number of hydrogen-bond acceptors (Lipinski definition) is 23. The van der Waals surface area contributed by atoms with Crippen LogP contribution in [0, 0.1) is 0 Å². The van der Waals surface area contributed by atoms with Crippen LogP contribution in [0.5, 0.6) is 0 Å². The van der Waals surface area contributed by atoms with Crippen LogP contribution in [-0.4, -0.2) is 203 Å². The van der Waals surface area contributed by atoms with Gasteiger partial charge in [0.05, 0.1) is 107 Å². The van der Waals surface area contributed by atoms with E-state index in [1.807, 2.05) is 0 Å². The second-order valence-corrected chi connectivity index (χ2v) is 13.5. The molecule has 0 radical (unpaired) electrons. The Labute approximate surface area is 403 Å². The number of ether oxygens (including phenoxy) is 3. The Morgan fingerprint density at radius 3 is 0.547 bits per heavy atom. The van der Waals surface area contributed by atoms with Crippen molar-refractivity contribution in [3.63, 3.8) is 0 Å². The molecule has 1 atom stereocenters. The topological polar surface area (TPSA) is 638 Å². The van der Waals surface area contributed by atoms with Crippen molar-refractivity contribution in [1.29, 1.82) is 0 Å². The van der Waals surface area contributed by atoms with Gasteiger partial charge in [-0.05, 0) is 0 Å². The van der Waals surface area contributed by atoms with Gasteiger partial charge in [0.1, 0.15) is 12.7 Å². The first kappa shape index (κ1) is 57.8. The minimum absolute atomic E-state index is 1.41. The van der Waals surface area contributed by atoms with Crippen molar-refractivity contribution in [1.82, 2.24) is 0 Å². The summed E-state index contributed by atoms with van der Waals surface area (Å²) in [5.41, 5.74) is -43.8. The van der Waals surface area contributed by atoms with E-state index in [0.717, 1.165) is 0 Å². The summed E-state index contributed by atoms with van der Waals surface area (Å²) in [5.74, 6) is -52.7. The Bertz CT molecular complexity index is 3200. The molecule has 75 heavy (non-hydrogen) atoms. The summed E-state index contributed by atoms with van der Waals surface area (Å²) in [4.78, 5) is 232. The van der Waals surface area contributed by atoms with E-state index in [-0.39, 0.29) is 0 Å². The van der Waals surface area contributed by atoms with E-state index in [2.05, 4.69) is 14.2 Å². The summed E-state index contributed by atoms with van der Waals surface area (Å²) in [6.45, 7) is -3.05. The molecule has 1 unspecified atom stereocenters. The molecule has 36 heteroatoms. The van der Waals surface area contributed by atoms with Crippen LogP contribution in [0.25, 0.3) is 0 Å². The standard InChI is InChI=1S/C39H20O36/c40-1-3(41)2-73-35(68)19-15(33(64)65)10(28(54)55)16(34(66)67)20(38(71)74-36(69)17-11(29(56)57)6(24(46)47)4(22(42)43)7(25(48)49)12(17)30(58)59)21(19)39(72)75-37(70)18-13(31(60)61)8(26(50)51)5(23(44)45)9(27(52)53)14(18)32(62)63/h3,40-41H,1-2H2,(H,42,43)(H,44,45)(H,46,47)(H,48,49)(H,50,51)(H,52,53)(H,54,55)(H,56,57)(H,58,59)(H,60,61)(H,62,63)(H,64,65)(H,66,67). The van der Waals surface area contributed by atoms with Crippen LogP contribution in [0.1, 0.15) is 186 Å². The van der Waals surface area contributed by atoms with Crippen LogP contribution in [0.3, 0.4) is 0 Å². The molecule has 0 heterocycles. The molecule has 0 aliphatic rings. The van der Waals surface area contributed by atoms with Crippen molar-refractivity contribution in [3.05, 3.63) is 100 Å². The van der Waals surface area contributed by atoms with Crippen LogP contribution in [0.2, 0.25) is 0 Å². The molecule has 0 saturated carbocycles. The van der Waals surface area contributed by atoms with E-state index < -0.39 is 227 Å². The third-order valence-corrected chi connectivity index (χ3v) is 9.29. The van der Waals surface area contributed by atoms with Gasteiger partial charge in [-0.15, -0.1) is 0 Å². The molecule has 3 aromatic rings. The first-order chi connectivity index (χ1) is 34.5. The van der Waals surface area contributed by atoms with Gasteiger partial charge in [0.2, 0.25) is 0 Å². The number of carboxylic acid groups (broad SMARTS) is 13. The Morgan fingerprint density at radius 1 is 0.253 bits per heavy atom. The lowest BCUT2D eigenvalue weighted by Gasteiger charge is -2.21. The van der Waals surface area contributed by atoms with E-state index in [1.54, 1.807) is 0 Å². The number of aliphatic hydroxyl groups is 2. The smallest absolute Gasteiger partial charge is 0.347 e. The van der Waals surface area contributed by atoms with Crippen LogP contribution in [0.4, 0.5) is 0 Å². The van der Waals surface area contributed by atoms with Crippen LogP contribution >= 0.6 is 0 Å².